The molecule has 4 nitrogen and oxygen atoms in total. The second-order valence-corrected chi connectivity index (χ2v) is 5.93. The van der Waals surface area contributed by atoms with Gasteiger partial charge in [0.1, 0.15) is 12.3 Å². The van der Waals surface area contributed by atoms with Crippen molar-refractivity contribution in [3.63, 3.8) is 0 Å². The lowest BCUT2D eigenvalue weighted by Crippen LogP contribution is -1.98. The zero-order valence-corrected chi connectivity index (χ0v) is 14.3. The minimum absolute atomic E-state index is 0.205. The van der Waals surface area contributed by atoms with Crippen LogP contribution in [-0.2, 0) is 0 Å². The van der Waals surface area contributed by atoms with Gasteiger partial charge in [-0.1, -0.05) is 72.5 Å². The summed E-state index contributed by atoms with van der Waals surface area (Å²) in [4.78, 5) is 4.68. The minimum Gasteiger partial charge on any atom is -0.384 e. The van der Waals surface area contributed by atoms with Gasteiger partial charge in [0.2, 0.25) is 0 Å². The number of hydrogen-bond acceptors (Lipinski definition) is 3. The van der Waals surface area contributed by atoms with Gasteiger partial charge in [-0.3, -0.25) is 0 Å². The Morgan fingerprint density at radius 2 is 1.62 bits per heavy atom. The van der Waals surface area contributed by atoms with Crippen LogP contribution in [-0.4, -0.2) is 26.3 Å². The third-order valence-electron chi connectivity index (χ3n) is 4.13. The molecule has 2 aromatic heterocycles. The van der Waals surface area contributed by atoms with Gasteiger partial charge in [0.15, 0.2) is 5.65 Å². The van der Waals surface area contributed by atoms with Crippen molar-refractivity contribution in [3.8, 4) is 34.4 Å². The molecule has 0 spiro atoms. The SMILES string of the molecule is Cc1cc(-c2ccccc2)n2nc(-c3ccccc3)c(C#CCO)c2n1. The summed E-state index contributed by atoms with van der Waals surface area (Å²) in [5.74, 6) is 5.79. The standard InChI is InChI=1S/C22H17N3O/c1-16-15-20(17-9-4-2-5-10-17)25-22(23-16)19(13-8-14-26)21(24-25)18-11-6-3-7-12-18/h2-7,9-12,15,26H,14H2,1H3. The molecule has 0 aliphatic heterocycles. The van der Waals surface area contributed by atoms with E-state index in [4.69, 9.17) is 10.2 Å². The summed E-state index contributed by atoms with van der Waals surface area (Å²) < 4.78 is 1.84. The number of aliphatic hydroxyl groups excluding tert-OH is 1. The summed E-state index contributed by atoms with van der Waals surface area (Å²) in [5.41, 5.74) is 6.07. The smallest absolute Gasteiger partial charge is 0.172 e. The van der Waals surface area contributed by atoms with Gasteiger partial charge in [0.05, 0.1) is 11.3 Å². The molecule has 126 valence electrons. The van der Waals surface area contributed by atoms with Crippen molar-refractivity contribution in [2.45, 2.75) is 6.92 Å². The molecule has 0 bridgehead atoms. The Hall–Kier alpha value is -3.42. The number of aliphatic hydroxyl groups is 1. The first-order valence-corrected chi connectivity index (χ1v) is 8.39. The molecule has 0 amide bonds. The van der Waals surface area contributed by atoms with Gasteiger partial charge in [0.25, 0.3) is 0 Å². The van der Waals surface area contributed by atoms with E-state index in [1.807, 2.05) is 66.0 Å². The lowest BCUT2D eigenvalue weighted by molar-refractivity contribution is 0.350. The van der Waals surface area contributed by atoms with E-state index in [0.29, 0.717) is 5.65 Å². The zero-order valence-electron chi connectivity index (χ0n) is 14.3. The maximum atomic E-state index is 9.16. The third-order valence-corrected chi connectivity index (χ3v) is 4.13. The summed E-state index contributed by atoms with van der Waals surface area (Å²) in [6.07, 6.45) is 0. The number of aromatic nitrogens is 3. The lowest BCUT2D eigenvalue weighted by Gasteiger charge is -2.06. The molecule has 2 aromatic carbocycles. The van der Waals surface area contributed by atoms with Crippen LogP contribution in [0.2, 0.25) is 0 Å². The van der Waals surface area contributed by atoms with Gasteiger partial charge < -0.3 is 5.11 Å². The predicted molar refractivity (Wildman–Crippen MR) is 103 cm³/mol. The first-order valence-electron chi connectivity index (χ1n) is 8.39. The highest BCUT2D eigenvalue weighted by Gasteiger charge is 2.17. The van der Waals surface area contributed by atoms with Gasteiger partial charge in [-0.2, -0.15) is 5.10 Å². The Labute approximate surface area is 151 Å². The summed E-state index contributed by atoms with van der Waals surface area (Å²) in [5, 5.41) is 14.0. The van der Waals surface area contributed by atoms with Crippen molar-refractivity contribution >= 4 is 5.65 Å². The highest BCUT2D eigenvalue weighted by Crippen LogP contribution is 2.28. The topological polar surface area (TPSA) is 50.4 Å². The fourth-order valence-corrected chi connectivity index (χ4v) is 2.99. The molecule has 0 fully saturated rings. The van der Waals surface area contributed by atoms with Crippen LogP contribution in [0.15, 0.2) is 66.7 Å². The quantitative estimate of drug-likeness (QED) is 0.566. The van der Waals surface area contributed by atoms with E-state index in [2.05, 4.69) is 29.0 Å². The van der Waals surface area contributed by atoms with Crippen molar-refractivity contribution in [3.05, 3.63) is 78.0 Å². The van der Waals surface area contributed by atoms with E-state index >= 15 is 0 Å². The van der Waals surface area contributed by atoms with E-state index < -0.39 is 0 Å². The van der Waals surface area contributed by atoms with Gasteiger partial charge in [-0.25, -0.2) is 9.50 Å². The van der Waals surface area contributed by atoms with Gasteiger partial charge in [0, 0.05) is 16.8 Å². The molecule has 0 atom stereocenters. The van der Waals surface area contributed by atoms with Crippen molar-refractivity contribution in [2.75, 3.05) is 6.61 Å². The largest absolute Gasteiger partial charge is 0.384 e. The van der Waals surface area contributed by atoms with Crippen LogP contribution in [0, 0.1) is 18.8 Å². The predicted octanol–water partition coefficient (Wildman–Crippen LogP) is 3.72. The van der Waals surface area contributed by atoms with Crippen molar-refractivity contribution < 1.29 is 5.11 Å². The fourth-order valence-electron chi connectivity index (χ4n) is 2.99. The first kappa shape index (κ1) is 16.1. The first-order chi connectivity index (χ1) is 12.8. The number of hydrogen-bond donors (Lipinski definition) is 1. The average Bonchev–Trinajstić information content (AvgIpc) is 3.05. The monoisotopic (exact) mass is 339 g/mol. The van der Waals surface area contributed by atoms with Crippen LogP contribution >= 0.6 is 0 Å². The van der Waals surface area contributed by atoms with Crippen LogP contribution in [0.3, 0.4) is 0 Å². The zero-order chi connectivity index (χ0) is 17.9. The molecule has 4 aromatic rings. The summed E-state index contributed by atoms with van der Waals surface area (Å²) >= 11 is 0. The molecule has 0 aliphatic carbocycles. The van der Waals surface area contributed by atoms with Crippen LogP contribution < -0.4 is 0 Å². The molecule has 4 heteroatoms. The maximum Gasteiger partial charge on any atom is 0.172 e. The molecular weight excluding hydrogens is 322 g/mol. The summed E-state index contributed by atoms with van der Waals surface area (Å²) in [6, 6.07) is 22.0. The third kappa shape index (κ3) is 2.85. The summed E-state index contributed by atoms with van der Waals surface area (Å²) in [6.45, 7) is 1.76. The molecule has 4 rings (SSSR count). The Kier molecular flexibility index (Phi) is 4.22. The highest BCUT2D eigenvalue weighted by atomic mass is 16.2. The van der Waals surface area contributed by atoms with Gasteiger partial charge in [-0.05, 0) is 13.0 Å². The van der Waals surface area contributed by atoms with Crippen LogP contribution in [0.5, 0.6) is 0 Å². The van der Waals surface area contributed by atoms with Crippen molar-refractivity contribution in [1.82, 2.24) is 14.6 Å². The molecule has 0 aliphatic rings. The fraction of sp³-hybridized carbons (Fsp3) is 0.0909. The lowest BCUT2D eigenvalue weighted by atomic mass is 10.1. The van der Waals surface area contributed by atoms with E-state index in [1.54, 1.807) is 0 Å². The number of benzene rings is 2. The number of fused-ring (bicyclic) bond motifs is 1. The van der Waals surface area contributed by atoms with Crippen LogP contribution in [0.1, 0.15) is 11.3 Å². The second-order valence-electron chi connectivity index (χ2n) is 5.93. The van der Waals surface area contributed by atoms with Crippen molar-refractivity contribution in [1.29, 1.82) is 0 Å². The molecule has 0 saturated carbocycles. The molecule has 1 N–H and O–H groups in total. The molecule has 0 radical (unpaired) electrons. The Balaban J connectivity index is 2.07. The van der Waals surface area contributed by atoms with E-state index in [0.717, 1.165) is 33.8 Å². The number of aryl methyl sites for hydroxylation is 1. The Morgan fingerprint density at radius 3 is 2.27 bits per heavy atom. The highest BCUT2D eigenvalue weighted by molar-refractivity contribution is 5.78. The van der Waals surface area contributed by atoms with Gasteiger partial charge >= 0.3 is 0 Å². The second kappa shape index (κ2) is 6.83. The van der Waals surface area contributed by atoms with Crippen molar-refractivity contribution in [2.24, 2.45) is 0 Å². The van der Waals surface area contributed by atoms with E-state index in [9.17, 15) is 0 Å². The number of rotatable bonds is 2. The Morgan fingerprint density at radius 1 is 0.962 bits per heavy atom. The van der Waals surface area contributed by atoms with Crippen LogP contribution in [0.25, 0.3) is 28.2 Å². The maximum absolute atomic E-state index is 9.16. The Bertz CT molecular complexity index is 1120. The number of nitrogens with zero attached hydrogens (tertiary/aromatic N) is 3. The molecule has 0 saturated heterocycles. The molecule has 2 heterocycles. The molecule has 0 unspecified atom stereocenters. The molecule has 26 heavy (non-hydrogen) atoms. The van der Waals surface area contributed by atoms with E-state index in [1.165, 1.54) is 0 Å². The minimum atomic E-state index is -0.205. The molecular formula is C22H17N3O. The normalized spacial score (nSPS) is 10.5. The van der Waals surface area contributed by atoms with Gasteiger partial charge in [-0.15, -0.1) is 0 Å². The van der Waals surface area contributed by atoms with Crippen LogP contribution in [0.4, 0.5) is 0 Å². The van der Waals surface area contributed by atoms with E-state index in [-0.39, 0.29) is 6.61 Å². The average molecular weight is 339 g/mol. The summed E-state index contributed by atoms with van der Waals surface area (Å²) in [7, 11) is 0.